The average molecular weight is 558 g/mol. The van der Waals surface area contributed by atoms with Crippen LogP contribution in [0.25, 0.3) is 11.5 Å². The molecule has 208 valence electrons. The molecule has 0 unspecified atom stereocenters. The Morgan fingerprint density at radius 3 is 2.05 bits per heavy atom. The number of aromatic nitrogens is 9. The zero-order valence-corrected chi connectivity index (χ0v) is 22.2. The highest BCUT2D eigenvalue weighted by Crippen LogP contribution is 2.44. The van der Waals surface area contributed by atoms with Crippen LogP contribution in [-0.4, -0.2) is 51.3 Å². The number of halogens is 2. The van der Waals surface area contributed by atoms with E-state index < -0.39 is 11.6 Å². The van der Waals surface area contributed by atoms with E-state index in [-0.39, 0.29) is 41.5 Å². The fraction of sp³-hybridized carbons (Fsp3) is 0.259. The van der Waals surface area contributed by atoms with Gasteiger partial charge in [0, 0.05) is 47.3 Å². The summed E-state index contributed by atoms with van der Waals surface area (Å²) in [4.78, 5) is 29.9. The Bertz CT molecular complexity index is 1600. The van der Waals surface area contributed by atoms with Crippen molar-refractivity contribution < 1.29 is 13.5 Å². The largest absolute Gasteiger partial charge is 0.494 e. The molecule has 4 heterocycles. The van der Waals surface area contributed by atoms with Gasteiger partial charge in [0.25, 0.3) is 0 Å². The average Bonchev–Trinajstić information content (AvgIpc) is 3.74. The molecule has 2 N–H and O–H groups in total. The van der Waals surface area contributed by atoms with Gasteiger partial charge in [0.05, 0.1) is 13.2 Å². The molecule has 0 radical (unpaired) electrons. The van der Waals surface area contributed by atoms with Crippen molar-refractivity contribution >= 4 is 23.5 Å². The van der Waals surface area contributed by atoms with E-state index in [2.05, 4.69) is 45.5 Å². The molecule has 6 rings (SSSR count). The predicted octanol–water partition coefficient (Wildman–Crippen LogP) is 4.71. The normalized spacial score (nSPS) is 12.8. The number of ether oxygens (including phenoxy) is 1. The first-order valence-electron chi connectivity index (χ1n) is 13.0. The molecule has 1 aromatic carbocycles. The van der Waals surface area contributed by atoms with Gasteiger partial charge in [0.15, 0.2) is 5.82 Å². The van der Waals surface area contributed by atoms with Crippen LogP contribution < -0.4 is 15.4 Å². The summed E-state index contributed by atoms with van der Waals surface area (Å²) in [6, 6.07) is 5.73. The standard InChI is InChI=1S/C27H25F2N11O/c1-3-41-17-10-19(28)18(20(29)11-17)12-40-24(16-4-5-16)15(2)23(39-40)25-36-26(34-21-6-8-30-13-32-21)38-27(37-25)35-22-7-9-31-14-33-22/h6-11,13-14,16H,3-5,12H2,1-2H3,(H2,30,31,32,33,34,35,36,37,38). The van der Waals surface area contributed by atoms with Gasteiger partial charge in [-0.3, -0.25) is 4.68 Å². The van der Waals surface area contributed by atoms with E-state index in [0.717, 1.165) is 24.1 Å². The van der Waals surface area contributed by atoms with Crippen LogP contribution in [0.2, 0.25) is 0 Å². The van der Waals surface area contributed by atoms with Crippen molar-refractivity contribution in [2.45, 2.75) is 39.2 Å². The van der Waals surface area contributed by atoms with Crippen molar-refractivity contribution in [2.75, 3.05) is 17.2 Å². The van der Waals surface area contributed by atoms with Gasteiger partial charge in [-0.05, 0) is 38.8 Å². The first kappa shape index (κ1) is 26.1. The lowest BCUT2D eigenvalue weighted by atomic mass is 10.1. The van der Waals surface area contributed by atoms with Gasteiger partial charge in [-0.25, -0.2) is 28.7 Å². The summed E-state index contributed by atoms with van der Waals surface area (Å²) in [6.07, 6.45) is 7.89. The molecule has 41 heavy (non-hydrogen) atoms. The van der Waals surface area contributed by atoms with Gasteiger partial charge in [0.1, 0.15) is 47.4 Å². The minimum absolute atomic E-state index is 0.0973. The highest BCUT2D eigenvalue weighted by atomic mass is 19.1. The summed E-state index contributed by atoms with van der Waals surface area (Å²) in [7, 11) is 0. The first-order valence-corrected chi connectivity index (χ1v) is 13.0. The quantitative estimate of drug-likeness (QED) is 0.246. The Hall–Kier alpha value is -5.14. The van der Waals surface area contributed by atoms with Crippen LogP contribution in [0.3, 0.4) is 0 Å². The second-order valence-electron chi connectivity index (χ2n) is 9.33. The molecule has 1 aliphatic rings. The molecule has 14 heteroatoms. The van der Waals surface area contributed by atoms with E-state index in [1.165, 1.54) is 24.8 Å². The van der Waals surface area contributed by atoms with Crippen molar-refractivity contribution in [3.8, 4) is 17.3 Å². The lowest BCUT2D eigenvalue weighted by Gasteiger charge is -2.11. The Labute approximate surface area is 233 Å². The third kappa shape index (κ3) is 5.76. The molecule has 12 nitrogen and oxygen atoms in total. The number of benzene rings is 1. The number of hydrogen-bond acceptors (Lipinski definition) is 11. The van der Waals surface area contributed by atoms with E-state index in [1.54, 1.807) is 36.1 Å². The lowest BCUT2D eigenvalue weighted by Crippen LogP contribution is -2.10. The van der Waals surface area contributed by atoms with Crippen LogP contribution in [-0.2, 0) is 6.54 Å². The van der Waals surface area contributed by atoms with E-state index in [4.69, 9.17) is 9.84 Å². The number of nitrogens with one attached hydrogen (secondary N) is 2. The van der Waals surface area contributed by atoms with E-state index >= 15 is 0 Å². The molecule has 1 aliphatic carbocycles. The minimum atomic E-state index is -0.697. The Morgan fingerprint density at radius 2 is 1.54 bits per heavy atom. The summed E-state index contributed by atoms with van der Waals surface area (Å²) in [5.74, 6) is 0.605. The summed E-state index contributed by atoms with van der Waals surface area (Å²) >= 11 is 0. The summed E-state index contributed by atoms with van der Waals surface area (Å²) in [5, 5.41) is 10.9. The number of nitrogens with zero attached hydrogens (tertiary/aromatic N) is 9. The fourth-order valence-corrected chi connectivity index (χ4v) is 4.45. The van der Waals surface area contributed by atoms with Crippen LogP contribution in [0, 0.1) is 18.6 Å². The molecular weight excluding hydrogens is 532 g/mol. The van der Waals surface area contributed by atoms with E-state index in [1.807, 2.05) is 6.92 Å². The predicted molar refractivity (Wildman–Crippen MR) is 145 cm³/mol. The molecule has 1 fully saturated rings. The molecule has 0 aliphatic heterocycles. The fourth-order valence-electron chi connectivity index (χ4n) is 4.45. The molecular formula is C27H25F2N11O. The second-order valence-corrected chi connectivity index (χ2v) is 9.33. The van der Waals surface area contributed by atoms with Crippen molar-refractivity contribution in [1.29, 1.82) is 0 Å². The van der Waals surface area contributed by atoms with Crippen LogP contribution >= 0.6 is 0 Å². The van der Waals surface area contributed by atoms with E-state index in [9.17, 15) is 8.78 Å². The van der Waals surface area contributed by atoms with Gasteiger partial charge in [-0.1, -0.05) is 0 Å². The van der Waals surface area contributed by atoms with Crippen LogP contribution in [0.5, 0.6) is 5.75 Å². The molecule has 0 bridgehead atoms. The zero-order valence-electron chi connectivity index (χ0n) is 22.2. The molecule has 0 saturated heterocycles. The second kappa shape index (κ2) is 11.2. The molecule has 1 saturated carbocycles. The molecule has 5 aromatic rings. The van der Waals surface area contributed by atoms with Gasteiger partial charge in [-0.15, -0.1) is 0 Å². The van der Waals surface area contributed by atoms with Crippen molar-refractivity contribution in [3.05, 3.63) is 77.8 Å². The van der Waals surface area contributed by atoms with Crippen LogP contribution in [0.1, 0.15) is 42.5 Å². The summed E-state index contributed by atoms with van der Waals surface area (Å²) in [6.45, 7) is 3.87. The molecule has 4 aromatic heterocycles. The number of anilines is 4. The number of rotatable bonds is 10. The number of hydrogen-bond donors (Lipinski definition) is 2. The molecule has 0 amide bonds. The Kier molecular flexibility index (Phi) is 7.10. The first-order chi connectivity index (χ1) is 20.0. The topological polar surface area (TPSA) is 141 Å². The highest BCUT2D eigenvalue weighted by Gasteiger charge is 2.32. The lowest BCUT2D eigenvalue weighted by molar-refractivity contribution is 0.335. The molecule has 0 atom stereocenters. The van der Waals surface area contributed by atoms with Crippen molar-refractivity contribution in [2.24, 2.45) is 0 Å². The monoisotopic (exact) mass is 557 g/mol. The SMILES string of the molecule is CCOc1cc(F)c(Cn2nc(-c3nc(Nc4ccncn4)nc(Nc4ccncn4)n3)c(C)c2C2CC2)c(F)c1. The minimum Gasteiger partial charge on any atom is -0.494 e. The van der Waals surface area contributed by atoms with Gasteiger partial charge < -0.3 is 15.4 Å². The summed E-state index contributed by atoms with van der Waals surface area (Å²) < 4.78 is 36.9. The van der Waals surface area contributed by atoms with Crippen molar-refractivity contribution in [3.63, 3.8) is 0 Å². The maximum atomic E-state index is 15.0. The van der Waals surface area contributed by atoms with Gasteiger partial charge in [-0.2, -0.15) is 20.1 Å². The van der Waals surface area contributed by atoms with Crippen LogP contribution in [0.15, 0.2) is 49.3 Å². The highest BCUT2D eigenvalue weighted by molar-refractivity contribution is 5.62. The van der Waals surface area contributed by atoms with Gasteiger partial charge in [0.2, 0.25) is 11.9 Å². The van der Waals surface area contributed by atoms with Gasteiger partial charge >= 0.3 is 0 Å². The molecule has 0 spiro atoms. The Morgan fingerprint density at radius 1 is 0.927 bits per heavy atom. The third-order valence-corrected chi connectivity index (χ3v) is 6.43. The maximum absolute atomic E-state index is 15.0. The third-order valence-electron chi connectivity index (χ3n) is 6.43. The summed E-state index contributed by atoms with van der Waals surface area (Å²) in [5.41, 5.74) is 2.09. The van der Waals surface area contributed by atoms with Crippen molar-refractivity contribution in [1.82, 2.24) is 44.7 Å². The maximum Gasteiger partial charge on any atom is 0.233 e. The zero-order chi connectivity index (χ0) is 28.3. The van der Waals surface area contributed by atoms with E-state index in [0.29, 0.717) is 23.9 Å². The van der Waals surface area contributed by atoms with Crippen LogP contribution in [0.4, 0.5) is 32.3 Å². The Balaban J connectivity index is 1.41. The smallest absolute Gasteiger partial charge is 0.233 e.